The predicted molar refractivity (Wildman–Crippen MR) is 140 cm³/mol. The van der Waals surface area contributed by atoms with Gasteiger partial charge in [0.05, 0.1) is 0 Å². The number of nitrogens with one attached hydrogen (secondary N) is 2. The van der Waals surface area contributed by atoms with E-state index in [-0.39, 0.29) is 50.7 Å². The first kappa shape index (κ1) is 28.1. The molecule has 0 aromatic heterocycles. The van der Waals surface area contributed by atoms with Crippen molar-refractivity contribution in [3.63, 3.8) is 0 Å². The number of nitrogens with zero attached hydrogens (tertiary/aromatic N) is 2. The van der Waals surface area contributed by atoms with Crippen LogP contribution in [0.5, 0.6) is 0 Å². The van der Waals surface area contributed by atoms with Gasteiger partial charge in [0, 0.05) is 45.4 Å². The molecule has 1 aromatic carbocycles. The fourth-order valence-corrected chi connectivity index (χ4v) is 6.72. The summed E-state index contributed by atoms with van der Waals surface area (Å²) in [6, 6.07) is 6.18. The SMILES string of the molecule is CC1(C)CC(N(C(=O)c2cccc(C(=O)N(N)C(=O)O)c2)C2CC(C)(C)NC(C)(C)C2)CC(C)(C)N1. The van der Waals surface area contributed by atoms with Crippen LogP contribution in [-0.4, -0.2) is 67.2 Å². The molecule has 200 valence electrons. The fourth-order valence-electron chi connectivity index (χ4n) is 6.72. The molecule has 1 aromatic rings. The Balaban J connectivity index is 2.06. The highest BCUT2D eigenvalue weighted by Crippen LogP contribution is 2.38. The van der Waals surface area contributed by atoms with Crippen molar-refractivity contribution in [1.82, 2.24) is 20.5 Å². The van der Waals surface area contributed by atoms with E-state index in [1.54, 1.807) is 12.1 Å². The van der Waals surface area contributed by atoms with Gasteiger partial charge in [-0.3, -0.25) is 9.59 Å². The van der Waals surface area contributed by atoms with Gasteiger partial charge in [-0.15, -0.1) is 0 Å². The van der Waals surface area contributed by atoms with Gasteiger partial charge < -0.3 is 20.6 Å². The zero-order valence-corrected chi connectivity index (χ0v) is 22.9. The molecule has 0 radical (unpaired) electrons. The Labute approximate surface area is 214 Å². The van der Waals surface area contributed by atoms with Gasteiger partial charge >= 0.3 is 6.09 Å². The van der Waals surface area contributed by atoms with Crippen LogP contribution in [0.2, 0.25) is 0 Å². The number of rotatable bonds is 4. The molecule has 0 saturated carbocycles. The molecule has 0 spiro atoms. The van der Waals surface area contributed by atoms with Gasteiger partial charge in [-0.2, -0.15) is 5.01 Å². The Hall–Kier alpha value is -2.49. The zero-order valence-electron chi connectivity index (χ0n) is 22.9. The van der Waals surface area contributed by atoms with Crippen molar-refractivity contribution in [1.29, 1.82) is 0 Å². The molecule has 9 heteroatoms. The number of imide groups is 1. The number of piperidine rings is 2. The van der Waals surface area contributed by atoms with Crippen molar-refractivity contribution in [2.24, 2.45) is 5.84 Å². The maximum Gasteiger partial charge on any atom is 0.429 e. The maximum absolute atomic E-state index is 14.3. The monoisotopic (exact) mass is 501 g/mol. The zero-order chi connectivity index (χ0) is 27.3. The third-order valence-corrected chi connectivity index (χ3v) is 7.14. The standard InChI is InChI=1S/C27H43N5O4/c1-24(2)13-19(14-25(3,4)29-24)31(20-15-26(5,6)30-27(7,8)16-20)21(33)17-10-9-11-18(12-17)22(34)32(28)23(35)36/h9-12,19-20,29-30H,13-16,28H2,1-8H3,(H,35,36). The summed E-state index contributed by atoms with van der Waals surface area (Å²) in [7, 11) is 0. The second-order valence-electron chi connectivity index (χ2n) is 13.2. The first-order valence-electron chi connectivity index (χ1n) is 12.6. The minimum atomic E-state index is -1.56. The van der Waals surface area contributed by atoms with Gasteiger partial charge in [-0.1, -0.05) is 6.07 Å². The van der Waals surface area contributed by atoms with Gasteiger partial charge in [0.2, 0.25) is 0 Å². The largest absolute Gasteiger partial charge is 0.464 e. The van der Waals surface area contributed by atoms with Gasteiger partial charge in [-0.25, -0.2) is 10.6 Å². The van der Waals surface area contributed by atoms with Gasteiger partial charge in [0.25, 0.3) is 11.8 Å². The molecular weight excluding hydrogens is 458 g/mol. The Morgan fingerprint density at radius 1 is 0.778 bits per heavy atom. The average molecular weight is 502 g/mol. The van der Waals surface area contributed by atoms with E-state index in [1.807, 2.05) is 0 Å². The maximum atomic E-state index is 14.3. The van der Waals surface area contributed by atoms with Crippen LogP contribution in [0.1, 0.15) is 102 Å². The lowest BCUT2D eigenvalue weighted by Crippen LogP contribution is -2.67. The molecule has 9 nitrogen and oxygen atoms in total. The van der Waals surface area contributed by atoms with Crippen molar-refractivity contribution in [3.05, 3.63) is 35.4 Å². The topological polar surface area (TPSA) is 128 Å². The van der Waals surface area contributed by atoms with E-state index < -0.39 is 12.0 Å². The third kappa shape index (κ3) is 6.44. The molecule has 2 saturated heterocycles. The van der Waals surface area contributed by atoms with E-state index >= 15 is 0 Å². The van der Waals surface area contributed by atoms with Crippen LogP contribution in [-0.2, 0) is 0 Å². The molecule has 5 N–H and O–H groups in total. The van der Waals surface area contributed by atoms with Crippen LogP contribution in [0.15, 0.2) is 24.3 Å². The number of carboxylic acid groups (broad SMARTS) is 1. The number of nitrogens with two attached hydrogens (primary N) is 1. The van der Waals surface area contributed by atoms with Crippen LogP contribution in [0.25, 0.3) is 0 Å². The number of amides is 3. The second-order valence-corrected chi connectivity index (χ2v) is 13.2. The highest BCUT2D eigenvalue weighted by molar-refractivity contribution is 6.04. The van der Waals surface area contributed by atoms with Crippen LogP contribution >= 0.6 is 0 Å². The number of carbonyl (C=O) groups is 3. The molecule has 3 amide bonds. The van der Waals surface area contributed by atoms with Crippen molar-refractivity contribution < 1.29 is 19.5 Å². The van der Waals surface area contributed by atoms with Crippen molar-refractivity contribution >= 4 is 17.9 Å². The van der Waals surface area contributed by atoms with Crippen molar-refractivity contribution in [2.45, 2.75) is 115 Å². The van der Waals surface area contributed by atoms with Crippen molar-refractivity contribution in [3.8, 4) is 0 Å². The quantitative estimate of drug-likeness (QED) is 0.281. The van der Waals surface area contributed by atoms with E-state index in [0.29, 0.717) is 5.56 Å². The first-order chi connectivity index (χ1) is 16.3. The van der Waals surface area contributed by atoms with Crippen LogP contribution in [0.4, 0.5) is 4.79 Å². The predicted octanol–water partition coefficient (Wildman–Crippen LogP) is 3.74. The second kappa shape index (κ2) is 9.43. The van der Waals surface area contributed by atoms with E-state index in [4.69, 9.17) is 10.9 Å². The first-order valence-corrected chi connectivity index (χ1v) is 12.6. The Bertz CT molecular complexity index is 963. The summed E-state index contributed by atoms with van der Waals surface area (Å²) in [6.07, 6.45) is 1.61. The summed E-state index contributed by atoms with van der Waals surface area (Å²) in [4.78, 5) is 40.1. The van der Waals surface area contributed by atoms with Crippen LogP contribution in [0, 0.1) is 0 Å². The molecule has 0 bridgehead atoms. The lowest BCUT2D eigenvalue weighted by atomic mass is 9.75. The minimum absolute atomic E-state index is 0.0113. The third-order valence-electron chi connectivity index (χ3n) is 7.14. The molecule has 0 atom stereocenters. The molecule has 2 fully saturated rings. The van der Waals surface area contributed by atoms with Crippen molar-refractivity contribution in [2.75, 3.05) is 0 Å². The van der Waals surface area contributed by atoms with Crippen LogP contribution in [0.3, 0.4) is 0 Å². The lowest BCUT2D eigenvalue weighted by molar-refractivity contribution is 0.00362. The highest BCUT2D eigenvalue weighted by atomic mass is 16.4. The summed E-state index contributed by atoms with van der Waals surface area (Å²) < 4.78 is 0. The molecule has 2 aliphatic rings. The van der Waals surface area contributed by atoms with Gasteiger partial charge in [-0.05, 0) is 99.3 Å². The molecule has 36 heavy (non-hydrogen) atoms. The van der Waals surface area contributed by atoms with Gasteiger partial charge in [0.1, 0.15) is 0 Å². The minimum Gasteiger partial charge on any atom is -0.464 e. The normalized spacial score (nSPS) is 23.0. The summed E-state index contributed by atoms with van der Waals surface area (Å²) in [6.45, 7) is 17.3. The number of benzene rings is 1. The Kier molecular flexibility index (Phi) is 7.36. The smallest absolute Gasteiger partial charge is 0.429 e. The molecular formula is C27H43N5O4. The molecule has 3 rings (SSSR count). The summed E-state index contributed by atoms with van der Waals surface area (Å²) in [5, 5.41) is 16.7. The molecule has 0 unspecified atom stereocenters. The number of hydrogen-bond donors (Lipinski definition) is 4. The number of carbonyl (C=O) groups excluding carboxylic acids is 2. The Morgan fingerprint density at radius 2 is 1.14 bits per heavy atom. The fraction of sp³-hybridized carbons (Fsp3) is 0.667. The molecule has 0 aliphatic carbocycles. The highest BCUT2D eigenvalue weighted by Gasteiger charge is 2.47. The lowest BCUT2D eigenvalue weighted by Gasteiger charge is -2.55. The van der Waals surface area contributed by atoms with E-state index in [0.717, 1.165) is 25.7 Å². The summed E-state index contributed by atoms with van der Waals surface area (Å²) in [5.41, 5.74) is -0.250. The molecule has 2 aliphatic heterocycles. The van der Waals surface area contributed by atoms with Crippen LogP contribution < -0.4 is 16.5 Å². The molecule has 2 heterocycles. The number of hydrogen-bond acceptors (Lipinski definition) is 6. The van der Waals surface area contributed by atoms with E-state index in [2.05, 4.69) is 70.9 Å². The van der Waals surface area contributed by atoms with E-state index in [1.165, 1.54) is 12.1 Å². The van der Waals surface area contributed by atoms with Gasteiger partial charge in [0.15, 0.2) is 0 Å². The van der Waals surface area contributed by atoms with E-state index in [9.17, 15) is 14.4 Å². The Morgan fingerprint density at radius 3 is 1.50 bits per heavy atom. The average Bonchev–Trinajstić information content (AvgIpc) is 2.68. The summed E-state index contributed by atoms with van der Waals surface area (Å²) in [5.74, 6) is 4.38. The summed E-state index contributed by atoms with van der Waals surface area (Å²) >= 11 is 0. The number of hydrazine groups is 1.